The number of hydrogen-bond acceptors (Lipinski definition) is 7. The summed E-state index contributed by atoms with van der Waals surface area (Å²) in [6, 6.07) is 8.36. The fraction of sp³-hybridized carbons (Fsp3) is 0.125. The van der Waals surface area contributed by atoms with E-state index < -0.39 is 17.8 Å². The van der Waals surface area contributed by atoms with Gasteiger partial charge < -0.3 is 15.8 Å². The highest BCUT2D eigenvalue weighted by Crippen LogP contribution is 2.19. The minimum atomic E-state index is -0.846. The van der Waals surface area contributed by atoms with Crippen molar-refractivity contribution in [3.63, 3.8) is 0 Å². The molecule has 0 spiro atoms. The summed E-state index contributed by atoms with van der Waals surface area (Å²) in [7, 11) is 0. The molecule has 0 saturated heterocycles. The van der Waals surface area contributed by atoms with E-state index in [0.717, 1.165) is 4.52 Å². The van der Waals surface area contributed by atoms with Gasteiger partial charge in [-0.15, -0.1) is 5.10 Å². The number of rotatable bonds is 5. The van der Waals surface area contributed by atoms with Gasteiger partial charge in [-0.3, -0.25) is 9.59 Å². The molecular weight excluding hydrogens is 340 g/mol. The fourth-order valence-electron chi connectivity index (χ4n) is 2.25. The van der Waals surface area contributed by atoms with Gasteiger partial charge in [0.15, 0.2) is 17.2 Å². The normalized spacial score (nSPS) is 10.5. The number of amides is 2. The first-order chi connectivity index (χ1) is 12.5. The summed E-state index contributed by atoms with van der Waals surface area (Å²) in [5.74, 6) is -2.12. The Balaban J connectivity index is 2.10. The van der Waals surface area contributed by atoms with E-state index in [-0.39, 0.29) is 29.3 Å². The molecule has 0 bridgehead atoms. The third-order valence-corrected chi connectivity index (χ3v) is 3.38. The van der Waals surface area contributed by atoms with Crippen molar-refractivity contribution >= 4 is 29.1 Å². The van der Waals surface area contributed by atoms with E-state index in [1.807, 2.05) is 0 Å². The molecule has 132 valence electrons. The molecule has 0 unspecified atom stereocenters. The van der Waals surface area contributed by atoms with E-state index in [0.29, 0.717) is 5.56 Å². The number of anilines is 1. The molecule has 0 aliphatic carbocycles. The summed E-state index contributed by atoms with van der Waals surface area (Å²) >= 11 is 0. The zero-order valence-corrected chi connectivity index (χ0v) is 13.7. The minimum Gasteiger partial charge on any atom is -0.461 e. The van der Waals surface area contributed by atoms with Crippen molar-refractivity contribution in [2.24, 2.45) is 5.73 Å². The van der Waals surface area contributed by atoms with Gasteiger partial charge in [0.05, 0.1) is 12.8 Å². The standard InChI is InChI=1S/C16H14N6O4/c1-2-26-16(25)10-8-22-12(11(13(17)23)20-21-22)14(18-10)19-15(24)9-6-4-3-5-7-9/h3-8H,2H2,1H3,(H2,17,23)(H,18,19,24). The van der Waals surface area contributed by atoms with Crippen LogP contribution in [0.3, 0.4) is 0 Å². The molecule has 0 atom stereocenters. The Morgan fingerprint density at radius 3 is 2.62 bits per heavy atom. The minimum absolute atomic E-state index is 0.0785. The van der Waals surface area contributed by atoms with Crippen molar-refractivity contribution in [1.29, 1.82) is 0 Å². The zero-order chi connectivity index (χ0) is 18.7. The number of carbonyl (C=O) groups excluding carboxylic acids is 3. The van der Waals surface area contributed by atoms with E-state index in [4.69, 9.17) is 10.5 Å². The van der Waals surface area contributed by atoms with Crippen LogP contribution in [0.4, 0.5) is 5.82 Å². The van der Waals surface area contributed by atoms with Gasteiger partial charge in [0.25, 0.3) is 11.8 Å². The largest absolute Gasteiger partial charge is 0.461 e. The van der Waals surface area contributed by atoms with Gasteiger partial charge in [-0.05, 0) is 19.1 Å². The molecule has 0 saturated carbocycles. The second-order valence-electron chi connectivity index (χ2n) is 5.11. The number of esters is 1. The monoisotopic (exact) mass is 354 g/mol. The van der Waals surface area contributed by atoms with Crippen molar-refractivity contribution in [3.8, 4) is 0 Å². The number of carbonyl (C=O) groups is 3. The highest BCUT2D eigenvalue weighted by molar-refractivity contribution is 6.08. The molecule has 0 aliphatic rings. The number of benzene rings is 1. The van der Waals surface area contributed by atoms with Crippen LogP contribution in [0.25, 0.3) is 5.52 Å². The highest BCUT2D eigenvalue weighted by atomic mass is 16.5. The maximum Gasteiger partial charge on any atom is 0.358 e. The second-order valence-corrected chi connectivity index (χ2v) is 5.11. The van der Waals surface area contributed by atoms with Crippen molar-refractivity contribution < 1.29 is 19.1 Å². The molecule has 3 aromatic rings. The van der Waals surface area contributed by atoms with Crippen molar-refractivity contribution in [1.82, 2.24) is 19.8 Å². The highest BCUT2D eigenvalue weighted by Gasteiger charge is 2.22. The van der Waals surface area contributed by atoms with Crippen LogP contribution in [0.15, 0.2) is 36.5 Å². The van der Waals surface area contributed by atoms with Crippen LogP contribution in [-0.2, 0) is 4.74 Å². The van der Waals surface area contributed by atoms with Gasteiger partial charge in [0.1, 0.15) is 5.52 Å². The van der Waals surface area contributed by atoms with Crippen molar-refractivity contribution in [2.75, 3.05) is 11.9 Å². The summed E-state index contributed by atoms with van der Waals surface area (Å²) in [5, 5.41) is 9.98. The quantitative estimate of drug-likeness (QED) is 0.641. The van der Waals surface area contributed by atoms with Gasteiger partial charge in [-0.25, -0.2) is 14.3 Å². The molecule has 3 rings (SSSR count). The lowest BCUT2D eigenvalue weighted by Gasteiger charge is -2.09. The van der Waals surface area contributed by atoms with E-state index in [2.05, 4.69) is 20.6 Å². The first-order valence-electron chi connectivity index (χ1n) is 7.60. The number of primary amides is 1. The Morgan fingerprint density at radius 1 is 1.23 bits per heavy atom. The Morgan fingerprint density at radius 2 is 1.96 bits per heavy atom. The van der Waals surface area contributed by atoms with Gasteiger partial charge in [-0.2, -0.15) is 0 Å². The molecule has 2 aromatic heterocycles. The van der Waals surface area contributed by atoms with E-state index in [1.54, 1.807) is 37.3 Å². The topological polar surface area (TPSA) is 142 Å². The molecule has 0 aliphatic heterocycles. The van der Waals surface area contributed by atoms with Gasteiger partial charge in [-0.1, -0.05) is 23.4 Å². The molecule has 10 heteroatoms. The van der Waals surface area contributed by atoms with E-state index in [1.165, 1.54) is 6.20 Å². The summed E-state index contributed by atoms with van der Waals surface area (Å²) in [6.07, 6.45) is 1.24. The van der Waals surface area contributed by atoms with Crippen LogP contribution in [0.1, 0.15) is 38.3 Å². The lowest BCUT2D eigenvalue weighted by Crippen LogP contribution is -2.18. The molecule has 0 fully saturated rings. The third kappa shape index (κ3) is 3.20. The smallest absolute Gasteiger partial charge is 0.358 e. The molecule has 3 N–H and O–H groups in total. The molecule has 26 heavy (non-hydrogen) atoms. The maximum atomic E-state index is 12.4. The summed E-state index contributed by atoms with van der Waals surface area (Å²) < 4.78 is 6.05. The lowest BCUT2D eigenvalue weighted by atomic mass is 10.2. The Bertz CT molecular complexity index is 999. The predicted molar refractivity (Wildman–Crippen MR) is 89.7 cm³/mol. The van der Waals surface area contributed by atoms with E-state index in [9.17, 15) is 14.4 Å². The molecular formula is C16H14N6O4. The Hall–Kier alpha value is -3.82. The molecule has 1 aromatic carbocycles. The van der Waals surface area contributed by atoms with Crippen LogP contribution in [0, 0.1) is 0 Å². The Kier molecular flexibility index (Phi) is 4.56. The first-order valence-corrected chi connectivity index (χ1v) is 7.60. The van der Waals surface area contributed by atoms with Crippen LogP contribution < -0.4 is 11.1 Å². The van der Waals surface area contributed by atoms with Gasteiger partial charge >= 0.3 is 5.97 Å². The lowest BCUT2D eigenvalue weighted by molar-refractivity contribution is 0.0518. The number of nitrogens with zero attached hydrogens (tertiary/aromatic N) is 4. The van der Waals surface area contributed by atoms with E-state index >= 15 is 0 Å². The van der Waals surface area contributed by atoms with Crippen LogP contribution in [-0.4, -0.2) is 44.2 Å². The molecule has 2 amide bonds. The number of fused-ring (bicyclic) bond motifs is 1. The second kappa shape index (κ2) is 6.97. The average Bonchev–Trinajstić information content (AvgIpc) is 3.07. The number of hydrogen-bond donors (Lipinski definition) is 2. The fourth-order valence-corrected chi connectivity index (χ4v) is 2.25. The maximum absolute atomic E-state index is 12.4. The molecule has 10 nitrogen and oxygen atoms in total. The number of nitrogens with one attached hydrogen (secondary N) is 1. The summed E-state index contributed by atoms with van der Waals surface area (Å²) in [6.45, 7) is 1.79. The third-order valence-electron chi connectivity index (χ3n) is 3.38. The molecule has 0 radical (unpaired) electrons. The van der Waals surface area contributed by atoms with Gasteiger partial charge in [0, 0.05) is 5.56 Å². The van der Waals surface area contributed by atoms with Crippen LogP contribution >= 0.6 is 0 Å². The number of aromatic nitrogens is 4. The van der Waals surface area contributed by atoms with Crippen LogP contribution in [0.5, 0.6) is 0 Å². The first kappa shape index (κ1) is 17.0. The van der Waals surface area contributed by atoms with Crippen molar-refractivity contribution in [2.45, 2.75) is 6.92 Å². The zero-order valence-electron chi connectivity index (χ0n) is 13.7. The van der Waals surface area contributed by atoms with Crippen LogP contribution in [0.2, 0.25) is 0 Å². The number of ether oxygens (including phenoxy) is 1. The number of nitrogens with two attached hydrogens (primary N) is 1. The predicted octanol–water partition coefficient (Wildman–Crippen LogP) is 0.652. The summed E-state index contributed by atoms with van der Waals surface area (Å²) in [4.78, 5) is 40.1. The SMILES string of the molecule is CCOC(=O)c1cn2nnc(C(N)=O)c2c(NC(=O)c2ccccc2)n1. The van der Waals surface area contributed by atoms with Crippen molar-refractivity contribution in [3.05, 3.63) is 53.5 Å². The Labute approximate surface area is 147 Å². The average molecular weight is 354 g/mol. The molecule has 2 heterocycles. The summed E-state index contributed by atoms with van der Waals surface area (Å²) in [5.41, 5.74) is 5.44. The van der Waals surface area contributed by atoms with Gasteiger partial charge in [0.2, 0.25) is 0 Å².